The maximum Gasteiger partial charge on any atom is 0.407 e. The highest BCUT2D eigenvalue weighted by Gasteiger charge is 2.23. The second-order valence-electron chi connectivity index (χ2n) is 7.03. The van der Waals surface area contributed by atoms with Crippen LogP contribution in [-0.2, 0) is 16.1 Å². The van der Waals surface area contributed by atoms with Crippen LogP contribution in [0.3, 0.4) is 0 Å². The van der Waals surface area contributed by atoms with Crippen LogP contribution in [0.4, 0.5) is 4.79 Å². The summed E-state index contributed by atoms with van der Waals surface area (Å²) in [5.74, 6) is 0.573. The van der Waals surface area contributed by atoms with Gasteiger partial charge in [0.2, 0.25) is 11.8 Å². The Bertz CT molecular complexity index is 600. The molecule has 0 aromatic carbocycles. The highest BCUT2D eigenvalue weighted by atomic mass is 16.5. The summed E-state index contributed by atoms with van der Waals surface area (Å²) in [6.07, 6.45) is 6.25. The van der Waals surface area contributed by atoms with Gasteiger partial charge in [-0.2, -0.15) is 0 Å². The Morgan fingerprint density at radius 2 is 2.04 bits per heavy atom. The lowest BCUT2D eigenvalue weighted by atomic mass is 10.0. The van der Waals surface area contributed by atoms with Crippen molar-refractivity contribution in [1.29, 1.82) is 0 Å². The zero-order valence-electron chi connectivity index (χ0n) is 15.8. The summed E-state index contributed by atoms with van der Waals surface area (Å²) in [6, 6.07) is 3.07. The van der Waals surface area contributed by atoms with E-state index < -0.39 is 12.1 Å². The number of aromatic nitrogens is 1. The lowest BCUT2D eigenvalue weighted by Gasteiger charge is -2.20. The Labute approximate surface area is 154 Å². The number of ether oxygens (including phenoxy) is 2. The monoisotopic (exact) mass is 363 g/mol. The fourth-order valence-electron chi connectivity index (χ4n) is 3.04. The molecule has 1 aliphatic rings. The largest absolute Gasteiger partial charge is 0.474 e. The van der Waals surface area contributed by atoms with Gasteiger partial charge < -0.3 is 20.1 Å². The molecule has 1 aromatic rings. The van der Waals surface area contributed by atoms with Gasteiger partial charge >= 0.3 is 6.09 Å². The summed E-state index contributed by atoms with van der Waals surface area (Å²) in [7, 11) is 1.28. The molecule has 1 heterocycles. The molecule has 26 heavy (non-hydrogen) atoms. The van der Waals surface area contributed by atoms with Gasteiger partial charge in [-0.25, -0.2) is 9.78 Å². The topological polar surface area (TPSA) is 89.5 Å². The fraction of sp³-hybridized carbons (Fsp3) is 0.632. The molecule has 1 atom stereocenters. The van der Waals surface area contributed by atoms with Crippen molar-refractivity contribution in [3.8, 4) is 5.88 Å². The van der Waals surface area contributed by atoms with E-state index in [4.69, 9.17) is 4.74 Å². The van der Waals surface area contributed by atoms with Crippen LogP contribution in [0.25, 0.3) is 0 Å². The average Bonchev–Trinajstić information content (AvgIpc) is 3.12. The quantitative estimate of drug-likeness (QED) is 0.741. The van der Waals surface area contributed by atoms with Gasteiger partial charge in [-0.05, 0) is 44.1 Å². The number of amides is 2. The minimum absolute atomic E-state index is 0.203. The summed E-state index contributed by atoms with van der Waals surface area (Å²) in [6.45, 7) is 4.29. The van der Waals surface area contributed by atoms with Crippen molar-refractivity contribution >= 4 is 12.0 Å². The number of hydrogen-bond acceptors (Lipinski definition) is 5. The van der Waals surface area contributed by atoms with Gasteiger partial charge in [-0.3, -0.25) is 4.79 Å². The molecule has 1 fully saturated rings. The van der Waals surface area contributed by atoms with Gasteiger partial charge in [0.25, 0.3) is 0 Å². The first kappa shape index (κ1) is 20.0. The van der Waals surface area contributed by atoms with Crippen molar-refractivity contribution in [2.45, 2.75) is 64.6 Å². The van der Waals surface area contributed by atoms with Crippen LogP contribution in [0, 0.1) is 5.92 Å². The zero-order chi connectivity index (χ0) is 18.9. The van der Waals surface area contributed by atoms with Crippen LogP contribution in [0.1, 0.15) is 51.5 Å². The molecular formula is C19H29N3O4. The summed E-state index contributed by atoms with van der Waals surface area (Å²) < 4.78 is 10.6. The summed E-state index contributed by atoms with van der Waals surface area (Å²) in [5.41, 5.74) is 0.828. The van der Waals surface area contributed by atoms with Gasteiger partial charge in [-0.1, -0.05) is 19.9 Å². The van der Waals surface area contributed by atoms with E-state index in [-0.39, 0.29) is 17.9 Å². The average molecular weight is 363 g/mol. The standard InChI is InChI=1S/C19H29N3O4/c1-13(2)11-16(22-19(24)25-3)17(23)21-12-14-7-6-10-20-18(14)26-15-8-4-5-9-15/h6-7,10,13,15-16H,4-5,8-9,11-12H2,1-3H3,(H,21,23)(H,22,24). The minimum Gasteiger partial charge on any atom is -0.474 e. The fourth-order valence-corrected chi connectivity index (χ4v) is 3.04. The number of nitrogens with zero attached hydrogens (tertiary/aromatic N) is 1. The molecule has 1 unspecified atom stereocenters. The third kappa shape index (κ3) is 6.20. The van der Waals surface area contributed by atoms with E-state index in [0.717, 1.165) is 18.4 Å². The highest BCUT2D eigenvalue weighted by Crippen LogP contribution is 2.25. The van der Waals surface area contributed by atoms with Crippen molar-refractivity contribution in [2.75, 3.05) is 7.11 Å². The SMILES string of the molecule is COC(=O)NC(CC(C)C)C(=O)NCc1cccnc1OC1CCCC1. The smallest absolute Gasteiger partial charge is 0.407 e. The summed E-state index contributed by atoms with van der Waals surface area (Å²) >= 11 is 0. The Morgan fingerprint density at radius 3 is 2.69 bits per heavy atom. The molecule has 1 saturated carbocycles. The number of rotatable bonds is 8. The molecule has 144 valence electrons. The maximum atomic E-state index is 12.5. The molecule has 0 aliphatic heterocycles. The number of alkyl carbamates (subject to hydrolysis) is 1. The van der Waals surface area contributed by atoms with Crippen molar-refractivity contribution in [1.82, 2.24) is 15.6 Å². The first-order valence-electron chi connectivity index (χ1n) is 9.22. The first-order chi connectivity index (χ1) is 12.5. The molecule has 2 rings (SSSR count). The third-order valence-electron chi connectivity index (χ3n) is 4.38. The normalized spacial score (nSPS) is 15.5. The van der Waals surface area contributed by atoms with Gasteiger partial charge in [-0.15, -0.1) is 0 Å². The second-order valence-corrected chi connectivity index (χ2v) is 7.03. The lowest BCUT2D eigenvalue weighted by molar-refractivity contribution is -0.123. The van der Waals surface area contributed by atoms with Gasteiger partial charge in [0.15, 0.2) is 0 Å². The Kier molecular flexibility index (Phi) is 7.69. The first-order valence-corrected chi connectivity index (χ1v) is 9.22. The molecular weight excluding hydrogens is 334 g/mol. The van der Waals surface area contributed by atoms with E-state index >= 15 is 0 Å². The van der Waals surface area contributed by atoms with Crippen molar-refractivity contribution in [3.05, 3.63) is 23.9 Å². The van der Waals surface area contributed by atoms with Crippen LogP contribution in [0.15, 0.2) is 18.3 Å². The van der Waals surface area contributed by atoms with Crippen LogP contribution < -0.4 is 15.4 Å². The van der Waals surface area contributed by atoms with E-state index in [1.54, 1.807) is 6.20 Å². The lowest BCUT2D eigenvalue weighted by Crippen LogP contribution is -2.47. The molecule has 2 N–H and O–H groups in total. The van der Waals surface area contributed by atoms with Crippen molar-refractivity contribution in [3.63, 3.8) is 0 Å². The van der Waals surface area contributed by atoms with Crippen LogP contribution in [0.5, 0.6) is 5.88 Å². The predicted molar refractivity (Wildman–Crippen MR) is 97.8 cm³/mol. The number of pyridine rings is 1. The van der Waals surface area contributed by atoms with Crippen LogP contribution in [-0.4, -0.2) is 36.2 Å². The van der Waals surface area contributed by atoms with E-state index in [0.29, 0.717) is 18.8 Å². The molecule has 0 radical (unpaired) electrons. The molecule has 2 amide bonds. The highest BCUT2D eigenvalue weighted by molar-refractivity contribution is 5.85. The molecule has 1 aromatic heterocycles. The number of nitrogens with one attached hydrogen (secondary N) is 2. The van der Waals surface area contributed by atoms with E-state index in [1.807, 2.05) is 26.0 Å². The van der Waals surface area contributed by atoms with Crippen LogP contribution in [0.2, 0.25) is 0 Å². The Balaban J connectivity index is 1.96. The van der Waals surface area contributed by atoms with Gasteiger partial charge in [0.05, 0.1) is 7.11 Å². The molecule has 7 nitrogen and oxygen atoms in total. The van der Waals surface area contributed by atoms with Crippen LogP contribution >= 0.6 is 0 Å². The van der Waals surface area contributed by atoms with Crippen molar-refractivity contribution in [2.24, 2.45) is 5.92 Å². The molecule has 1 aliphatic carbocycles. The molecule has 0 saturated heterocycles. The minimum atomic E-state index is -0.640. The van der Waals surface area contributed by atoms with Gasteiger partial charge in [0.1, 0.15) is 12.1 Å². The zero-order valence-corrected chi connectivity index (χ0v) is 15.8. The summed E-state index contributed by atoms with van der Waals surface area (Å²) in [5, 5.41) is 5.46. The number of hydrogen-bond donors (Lipinski definition) is 2. The predicted octanol–water partition coefficient (Wildman–Crippen LogP) is 2.79. The van der Waals surface area contributed by atoms with E-state index in [9.17, 15) is 9.59 Å². The number of carbonyl (C=O) groups is 2. The van der Waals surface area contributed by atoms with E-state index in [1.165, 1.54) is 20.0 Å². The third-order valence-corrected chi connectivity index (χ3v) is 4.38. The molecule has 0 spiro atoms. The molecule has 7 heteroatoms. The number of carbonyl (C=O) groups excluding carboxylic acids is 2. The Hall–Kier alpha value is -2.31. The second kappa shape index (κ2) is 9.99. The van der Waals surface area contributed by atoms with E-state index in [2.05, 4.69) is 20.4 Å². The number of methoxy groups -OCH3 is 1. The maximum absolute atomic E-state index is 12.5. The van der Waals surface area contributed by atoms with Crippen molar-refractivity contribution < 1.29 is 19.1 Å². The molecule has 0 bridgehead atoms. The summed E-state index contributed by atoms with van der Waals surface area (Å²) in [4.78, 5) is 28.3. The Morgan fingerprint density at radius 1 is 1.31 bits per heavy atom. The van der Waals surface area contributed by atoms with Gasteiger partial charge in [0, 0.05) is 18.3 Å².